The summed E-state index contributed by atoms with van der Waals surface area (Å²) in [6, 6.07) is -0.0288. The Morgan fingerprint density at radius 1 is 1.41 bits per heavy atom. The molecular formula is C13H17NO7S. The van der Waals surface area contributed by atoms with E-state index >= 15 is 0 Å². The molecule has 1 unspecified atom stereocenters. The van der Waals surface area contributed by atoms with Gasteiger partial charge in [-0.2, -0.15) is 4.31 Å². The predicted octanol–water partition coefficient (Wildman–Crippen LogP) is 1.00. The quantitative estimate of drug-likeness (QED) is 0.819. The molecule has 1 fully saturated rings. The van der Waals surface area contributed by atoms with Crippen molar-refractivity contribution in [1.29, 1.82) is 0 Å². The lowest BCUT2D eigenvalue weighted by molar-refractivity contribution is -0.142. The van der Waals surface area contributed by atoms with Gasteiger partial charge in [-0.3, -0.25) is 4.79 Å². The molecule has 0 aromatic carbocycles. The SMILES string of the molecule is COC(=O)c1cc(S(=O)(=O)N2CCCCC2C(=O)O)c(C)o1. The topological polar surface area (TPSA) is 114 Å². The summed E-state index contributed by atoms with van der Waals surface area (Å²) >= 11 is 0. The number of furan rings is 1. The number of carboxylic acid groups (broad SMARTS) is 1. The number of hydrogen-bond acceptors (Lipinski definition) is 6. The summed E-state index contributed by atoms with van der Waals surface area (Å²) < 4.78 is 36.0. The van der Waals surface area contributed by atoms with Crippen LogP contribution in [0.15, 0.2) is 15.4 Å². The summed E-state index contributed by atoms with van der Waals surface area (Å²) in [4.78, 5) is 22.5. The number of sulfonamides is 1. The first kappa shape index (κ1) is 16.5. The lowest BCUT2D eigenvalue weighted by Gasteiger charge is -2.31. The third-order valence-electron chi connectivity index (χ3n) is 3.58. The van der Waals surface area contributed by atoms with Crippen LogP contribution in [0.2, 0.25) is 0 Å². The number of esters is 1. The maximum atomic E-state index is 12.7. The Morgan fingerprint density at radius 2 is 2.09 bits per heavy atom. The lowest BCUT2D eigenvalue weighted by Crippen LogP contribution is -2.47. The van der Waals surface area contributed by atoms with E-state index in [4.69, 9.17) is 4.42 Å². The van der Waals surface area contributed by atoms with Crippen molar-refractivity contribution in [3.05, 3.63) is 17.6 Å². The first-order valence-electron chi connectivity index (χ1n) is 6.72. The molecule has 0 saturated carbocycles. The predicted molar refractivity (Wildman–Crippen MR) is 74.0 cm³/mol. The van der Waals surface area contributed by atoms with Gasteiger partial charge in [0.1, 0.15) is 16.7 Å². The van der Waals surface area contributed by atoms with E-state index < -0.39 is 28.0 Å². The number of aliphatic carboxylic acids is 1. The fourth-order valence-electron chi connectivity index (χ4n) is 2.49. The largest absolute Gasteiger partial charge is 0.480 e. The van der Waals surface area contributed by atoms with E-state index in [1.54, 1.807) is 0 Å². The minimum atomic E-state index is -4.06. The molecule has 0 aliphatic carbocycles. The zero-order valence-corrected chi connectivity index (χ0v) is 13.1. The van der Waals surface area contributed by atoms with Gasteiger partial charge in [0.15, 0.2) is 0 Å². The molecule has 1 aromatic rings. The van der Waals surface area contributed by atoms with Crippen LogP contribution in [0.4, 0.5) is 0 Å². The van der Waals surface area contributed by atoms with Crippen LogP contribution in [0.1, 0.15) is 35.6 Å². The molecule has 0 amide bonds. The van der Waals surface area contributed by atoms with E-state index in [-0.39, 0.29) is 29.4 Å². The van der Waals surface area contributed by atoms with Crippen LogP contribution in [-0.2, 0) is 19.6 Å². The highest BCUT2D eigenvalue weighted by molar-refractivity contribution is 7.89. The molecule has 1 aliphatic rings. The summed E-state index contributed by atoms with van der Waals surface area (Å²) in [6.07, 6.45) is 1.50. The van der Waals surface area contributed by atoms with Gasteiger partial charge in [-0.15, -0.1) is 0 Å². The van der Waals surface area contributed by atoms with Crippen LogP contribution in [0, 0.1) is 6.92 Å². The van der Waals surface area contributed by atoms with Crippen LogP contribution in [0.5, 0.6) is 0 Å². The van der Waals surface area contributed by atoms with Gasteiger partial charge in [-0.1, -0.05) is 0 Å². The van der Waals surface area contributed by atoms with Crippen molar-refractivity contribution in [1.82, 2.24) is 4.31 Å². The van der Waals surface area contributed by atoms with Gasteiger partial charge in [0.2, 0.25) is 15.8 Å². The minimum absolute atomic E-state index is 0.0233. The number of aryl methyl sites for hydroxylation is 1. The number of hydrogen-bond donors (Lipinski definition) is 1. The second kappa shape index (κ2) is 6.09. The first-order valence-corrected chi connectivity index (χ1v) is 8.16. The normalized spacial score (nSPS) is 19.8. The summed E-state index contributed by atoms with van der Waals surface area (Å²) in [5.41, 5.74) is 0. The molecule has 2 heterocycles. The summed E-state index contributed by atoms with van der Waals surface area (Å²) in [5.74, 6) is -2.19. The Kier molecular flexibility index (Phi) is 4.57. The highest BCUT2D eigenvalue weighted by Gasteiger charge is 2.39. The maximum Gasteiger partial charge on any atom is 0.373 e. The molecule has 1 aromatic heterocycles. The van der Waals surface area contributed by atoms with Crippen LogP contribution in [0.25, 0.3) is 0 Å². The number of carbonyl (C=O) groups is 2. The van der Waals surface area contributed by atoms with E-state index in [1.807, 2.05) is 0 Å². The van der Waals surface area contributed by atoms with Crippen molar-refractivity contribution in [2.24, 2.45) is 0 Å². The van der Waals surface area contributed by atoms with Crippen molar-refractivity contribution in [3.8, 4) is 0 Å². The van der Waals surface area contributed by atoms with Crippen molar-refractivity contribution < 1.29 is 32.3 Å². The van der Waals surface area contributed by atoms with Crippen LogP contribution in [0.3, 0.4) is 0 Å². The molecule has 1 N–H and O–H groups in total. The Bertz CT molecular complexity index is 691. The molecule has 9 heteroatoms. The summed E-state index contributed by atoms with van der Waals surface area (Å²) in [6.45, 7) is 1.52. The summed E-state index contributed by atoms with van der Waals surface area (Å²) in [7, 11) is -2.90. The second-order valence-electron chi connectivity index (χ2n) is 4.99. The fourth-order valence-corrected chi connectivity index (χ4v) is 4.30. The number of ether oxygens (including phenoxy) is 1. The Balaban J connectivity index is 2.43. The molecular weight excluding hydrogens is 314 g/mol. The molecule has 1 saturated heterocycles. The standard InChI is InChI=1S/C13H17NO7S/c1-8-11(7-10(21-8)13(17)20-2)22(18,19)14-6-4-3-5-9(14)12(15)16/h7,9H,3-6H2,1-2H3,(H,15,16). The van der Waals surface area contributed by atoms with Gasteiger partial charge in [-0.25, -0.2) is 13.2 Å². The van der Waals surface area contributed by atoms with Crippen molar-refractivity contribution in [3.63, 3.8) is 0 Å². The maximum absolute atomic E-state index is 12.7. The number of piperidine rings is 1. The van der Waals surface area contributed by atoms with Crippen LogP contribution in [-0.4, -0.2) is 49.5 Å². The number of nitrogens with zero attached hydrogens (tertiary/aromatic N) is 1. The Hall–Kier alpha value is -1.87. The third kappa shape index (κ3) is 2.86. The zero-order chi connectivity index (χ0) is 16.5. The van der Waals surface area contributed by atoms with E-state index in [2.05, 4.69) is 4.74 Å². The highest BCUT2D eigenvalue weighted by Crippen LogP contribution is 2.29. The average Bonchev–Trinajstić information content (AvgIpc) is 2.89. The first-order chi connectivity index (χ1) is 10.3. The minimum Gasteiger partial charge on any atom is -0.480 e. The number of methoxy groups -OCH3 is 1. The second-order valence-corrected chi connectivity index (χ2v) is 6.85. The van der Waals surface area contributed by atoms with Crippen molar-refractivity contribution >= 4 is 22.0 Å². The van der Waals surface area contributed by atoms with Gasteiger partial charge >= 0.3 is 11.9 Å². The molecule has 8 nitrogen and oxygen atoms in total. The molecule has 22 heavy (non-hydrogen) atoms. The fraction of sp³-hybridized carbons (Fsp3) is 0.538. The lowest BCUT2D eigenvalue weighted by atomic mass is 10.1. The Morgan fingerprint density at radius 3 is 2.68 bits per heavy atom. The van der Waals surface area contributed by atoms with Gasteiger partial charge in [0.25, 0.3) is 0 Å². The molecule has 0 radical (unpaired) electrons. The van der Waals surface area contributed by atoms with E-state index in [9.17, 15) is 23.1 Å². The van der Waals surface area contributed by atoms with E-state index in [1.165, 1.54) is 6.92 Å². The Labute approximate surface area is 127 Å². The van der Waals surface area contributed by atoms with E-state index in [0.717, 1.165) is 17.5 Å². The molecule has 2 rings (SSSR count). The number of carboxylic acids is 1. The zero-order valence-electron chi connectivity index (χ0n) is 12.2. The third-order valence-corrected chi connectivity index (χ3v) is 5.60. The average molecular weight is 331 g/mol. The number of carbonyl (C=O) groups excluding carboxylic acids is 1. The van der Waals surface area contributed by atoms with Gasteiger partial charge in [-0.05, 0) is 26.2 Å². The van der Waals surface area contributed by atoms with Gasteiger partial charge in [0, 0.05) is 12.6 Å². The van der Waals surface area contributed by atoms with Crippen LogP contribution < -0.4 is 0 Å². The number of rotatable bonds is 4. The highest BCUT2D eigenvalue weighted by atomic mass is 32.2. The molecule has 1 aliphatic heterocycles. The van der Waals surface area contributed by atoms with Crippen molar-refractivity contribution in [2.45, 2.75) is 37.1 Å². The summed E-state index contributed by atoms with van der Waals surface area (Å²) in [5, 5.41) is 9.22. The van der Waals surface area contributed by atoms with Gasteiger partial charge < -0.3 is 14.3 Å². The molecule has 122 valence electrons. The van der Waals surface area contributed by atoms with Gasteiger partial charge in [0.05, 0.1) is 7.11 Å². The molecule has 1 atom stereocenters. The van der Waals surface area contributed by atoms with Crippen molar-refractivity contribution in [2.75, 3.05) is 13.7 Å². The van der Waals surface area contributed by atoms with Crippen LogP contribution >= 0.6 is 0 Å². The molecule has 0 spiro atoms. The molecule has 0 bridgehead atoms. The van der Waals surface area contributed by atoms with E-state index in [0.29, 0.717) is 12.8 Å². The monoisotopic (exact) mass is 331 g/mol. The smallest absolute Gasteiger partial charge is 0.373 e.